The molecule has 1 aliphatic heterocycles. The maximum Gasteiger partial charge on any atom is 0.311 e. The minimum Gasteiger partial charge on any atom is -0.469 e. The molecule has 0 aromatic heterocycles. The van der Waals surface area contributed by atoms with Crippen LogP contribution in [0.25, 0.3) is 0 Å². The van der Waals surface area contributed by atoms with E-state index in [0.717, 1.165) is 32.2 Å². The van der Waals surface area contributed by atoms with Crippen LogP contribution in [0, 0.1) is 10.8 Å². The van der Waals surface area contributed by atoms with E-state index in [-0.39, 0.29) is 22.8 Å². The van der Waals surface area contributed by atoms with Gasteiger partial charge in [0.1, 0.15) is 0 Å². The zero-order valence-electron chi connectivity index (χ0n) is 18.7. The molecule has 1 spiro atoms. The number of methoxy groups -OCH3 is 1. The second kappa shape index (κ2) is 8.10. The van der Waals surface area contributed by atoms with Gasteiger partial charge in [0.05, 0.1) is 12.5 Å². The van der Waals surface area contributed by atoms with Crippen LogP contribution in [0.5, 0.6) is 0 Å². The Balaban J connectivity index is 1.67. The topological polar surface area (TPSA) is 49.9 Å². The molecule has 3 rings (SSSR count). The fourth-order valence-corrected chi connectivity index (χ4v) is 5.25. The van der Waals surface area contributed by atoms with E-state index in [1.165, 1.54) is 12.7 Å². The van der Waals surface area contributed by atoms with Crippen molar-refractivity contribution in [2.45, 2.75) is 57.9 Å². The van der Waals surface area contributed by atoms with Gasteiger partial charge in [-0.05, 0) is 71.0 Å². The van der Waals surface area contributed by atoms with E-state index in [2.05, 4.69) is 49.3 Å². The number of rotatable bonds is 6. The Hall–Kier alpha value is -1.88. The number of likely N-dealkylation sites (tertiary alicyclic amines) is 1. The molecule has 0 atom stereocenters. The first-order valence-corrected chi connectivity index (χ1v) is 10.7. The largest absolute Gasteiger partial charge is 0.469 e. The van der Waals surface area contributed by atoms with Crippen molar-refractivity contribution in [3.63, 3.8) is 0 Å². The van der Waals surface area contributed by atoms with Gasteiger partial charge in [-0.2, -0.15) is 0 Å². The molecule has 1 aromatic carbocycles. The van der Waals surface area contributed by atoms with Crippen LogP contribution in [0.2, 0.25) is 0 Å². The number of nitrogens with zero attached hydrogens (tertiary/aromatic N) is 2. The average Bonchev–Trinajstić information content (AvgIpc) is 3.02. The van der Waals surface area contributed by atoms with Crippen molar-refractivity contribution in [1.82, 2.24) is 9.80 Å². The molecule has 0 unspecified atom stereocenters. The predicted molar refractivity (Wildman–Crippen MR) is 114 cm³/mol. The molecule has 29 heavy (non-hydrogen) atoms. The number of ether oxygens (including phenoxy) is 1. The molecule has 1 aromatic rings. The zero-order valence-corrected chi connectivity index (χ0v) is 18.7. The Labute approximate surface area is 175 Å². The average molecular weight is 401 g/mol. The maximum absolute atomic E-state index is 12.8. The monoisotopic (exact) mass is 400 g/mol. The van der Waals surface area contributed by atoms with E-state index in [0.29, 0.717) is 19.4 Å². The molecule has 0 N–H and O–H groups in total. The zero-order chi connectivity index (χ0) is 21.3. The molecule has 5 heteroatoms. The minimum absolute atomic E-state index is 0.0514. The highest BCUT2D eigenvalue weighted by Crippen LogP contribution is 2.52. The molecule has 1 saturated heterocycles. The lowest BCUT2D eigenvalue weighted by molar-refractivity contribution is -0.151. The molecule has 160 valence electrons. The predicted octanol–water partition coefficient (Wildman–Crippen LogP) is 3.83. The second-order valence-corrected chi connectivity index (χ2v) is 9.91. The van der Waals surface area contributed by atoms with E-state index in [9.17, 15) is 9.59 Å². The highest BCUT2D eigenvalue weighted by molar-refractivity contribution is 5.80. The number of amides is 1. The molecular formula is C24H36N2O3. The standard InChI is InChI=1S/C24H36N2O3/c1-22(2,21(28)29-5)15-16-26-18-23(17-20(26)27)11-13-24(14-12-23,25(3)4)19-9-7-6-8-10-19/h6-10H,11-18H2,1-5H3. The van der Waals surface area contributed by atoms with Crippen molar-refractivity contribution in [3.8, 4) is 0 Å². The summed E-state index contributed by atoms with van der Waals surface area (Å²) < 4.78 is 4.91. The summed E-state index contributed by atoms with van der Waals surface area (Å²) in [7, 11) is 5.77. The van der Waals surface area contributed by atoms with Crippen molar-refractivity contribution >= 4 is 11.9 Å². The van der Waals surface area contributed by atoms with Crippen LogP contribution in [-0.2, 0) is 19.9 Å². The third-order valence-electron chi connectivity index (χ3n) is 7.45. The van der Waals surface area contributed by atoms with E-state index < -0.39 is 5.41 Å². The molecule has 0 radical (unpaired) electrons. The summed E-state index contributed by atoms with van der Waals surface area (Å²) >= 11 is 0. The van der Waals surface area contributed by atoms with Gasteiger partial charge in [0.25, 0.3) is 0 Å². The number of esters is 1. The molecule has 1 saturated carbocycles. The van der Waals surface area contributed by atoms with Crippen molar-refractivity contribution in [3.05, 3.63) is 35.9 Å². The molecular weight excluding hydrogens is 364 g/mol. The van der Waals surface area contributed by atoms with Gasteiger partial charge in [-0.3, -0.25) is 14.5 Å². The Morgan fingerprint density at radius 2 is 1.76 bits per heavy atom. The van der Waals surface area contributed by atoms with Crippen molar-refractivity contribution in [2.24, 2.45) is 10.8 Å². The number of carbonyl (C=O) groups excluding carboxylic acids is 2. The normalized spacial score (nSPS) is 27.7. The van der Waals surface area contributed by atoms with Gasteiger partial charge in [0, 0.05) is 25.0 Å². The number of hydrogen-bond donors (Lipinski definition) is 0. The molecule has 1 aliphatic carbocycles. The quantitative estimate of drug-likeness (QED) is 0.681. The highest BCUT2D eigenvalue weighted by Gasteiger charge is 2.50. The Kier molecular flexibility index (Phi) is 6.09. The van der Waals surface area contributed by atoms with Crippen LogP contribution in [0.4, 0.5) is 0 Å². The highest BCUT2D eigenvalue weighted by atomic mass is 16.5. The minimum atomic E-state index is -0.565. The van der Waals surface area contributed by atoms with Crippen molar-refractivity contribution in [1.29, 1.82) is 0 Å². The second-order valence-electron chi connectivity index (χ2n) is 9.91. The van der Waals surface area contributed by atoms with Crippen LogP contribution in [-0.4, -0.2) is 56.0 Å². The van der Waals surface area contributed by atoms with Crippen LogP contribution < -0.4 is 0 Å². The van der Waals surface area contributed by atoms with E-state index >= 15 is 0 Å². The number of hydrogen-bond acceptors (Lipinski definition) is 4. The van der Waals surface area contributed by atoms with Crippen LogP contribution in [0.3, 0.4) is 0 Å². The Bertz CT molecular complexity index is 734. The third-order valence-corrected chi connectivity index (χ3v) is 7.45. The molecule has 1 amide bonds. The summed E-state index contributed by atoms with van der Waals surface area (Å²) in [4.78, 5) is 29.1. The van der Waals surface area contributed by atoms with E-state index in [1.807, 2.05) is 18.7 Å². The lowest BCUT2D eigenvalue weighted by atomic mass is 9.64. The first-order chi connectivity index (χ1) is 13.6. The number of benzene rings is 1. The summed E-state index contributed by atoms with van der Waals surface area (Å²) in [5.41, 5.74) is 0.947. The molecule has 2 fully saturated rings. The van der Waals surface area contributed by atoms with Crippen LogP contribution in [0.1, 0.15) is 57.9 Å². The van der Waals surface area contributed by atoms with Crippen LogP contribution >= 0.6 is 0 Å². The number of carbonyl (C=O) groups is 2. The smallest absolute Gasteiger partial charge is 0.311 e. The summed E-state index contributed by atoms with van der Waals surface area (Å²) in [5, 5.41) is 0. The van der Waals surface area contributed by atoms with Crippen molar-refractivity contribution in [2.75, 3.05) is 34.3 Å². The lowest BCUT2D eigenvalue weighted by Crippen LogP contribution is -2.47. The van der Waals surface area contributed by atoms with Gasteiger partial charge in [-0.15, -0.1) is 0 Å². The first kappa shape index (κ1) is 21.8. The summed E-state index contributed by atoms with van der Waals surface area (Å²) in [6.45, 7) is 5.23. The van der Waals surface area contributed by atoms with Gasteiger partial charge in [-0.25, -0.2) is 0 Å². The lowest BCUT2D eigenvalue weighted by Gasteiger charge is -2.49. The fourth-order valence-electron chi connectivity index (χ4n) is 5.25. The van der Waals surface area contributed by atoms with Gasteiger partial charge in [-0.1, -0.05) is 30.3 Å². The SMILES string of the molecule is COC(=O)C(C)(C)CCN1CC2(CCC(c3ccccc3)(N(C)C)CC2)CC1=O. The maximum atomic E-state index is 12.8. The third kappa shape index (κ3) is 4.20. The summed E-state index contributed by atoms with van der Waals surface area (Å²) in [5.74, 6) is 0.0258. The Morgan fingerprint density at radius 3 is 2.31 bits per heavy atom. The van der Waals surface area contributed by atoms with Gasteiger partial charge < -0.3 is 9.64 Å². The van der Waals surface area contributed by atoms with Gasteiger partial charge >= 0.3 is 5.97 Å². The summed E-state index contributed by atoms with van der Waals surface area (Å²) in [6, 6.07) is 10.8. The fraction of sp³-hybridized carbons (Fsp3) is 0.667. The first-order valence-electron chi connectivity index (χ1n) is 10.7. The molecule has 5 nitrogen and oxygen atoms in total. The molecule has 1 heterocycles. The van der Waals surface area contributed by atoms with Crippen LogP contribution in [0.15, 0.2) is 30.3 Å². The van der Waals surface area contributed by atoms with Gasteiger partial charge in [0.2, 0.25) is 5.91 Å². The Morgan fingerprint density at radius 1 is 1.14 bits per heavy atom. The molecule has 0 bridgehead atoms. The van der Waals surface area contributed by atoms with E-state index in [1.54, 1.807) is 0 Å². The van der Waals surface area contributed by atoms with E-state index in [4.69, 9.17) is 4.74 Å². The van der Waals surface area contributed by atoms with Crippen molar-refractivity contribution < 1.29 is 14.3 Å². The summed E-state index contributed by atoms with van der Waals surface area (Å²) in [6.07, 6.45) is 5.53. The molecule has 2 aliphatic rings. The van der Waals surface area contributed by atoms with Gasteiger partial charge in [0.15, 0.2) is 0 Å².